The van der Waals surface area contributed by atoms with Crippen molar-refractivity contribution in [1.82, 2.24) is 5.32 Å². The minimum atomic E-state index is -2.61. The highest BCUT2D eigenvalue weighted by atomic mass is 28.4. The Bertz CT molecular complexity index is 765. The Kier molecular flexibility index (Phi) is 7.70. The molecule has 0 bridgehead atoms. The summed E-state index contributed by atoms with van der Waals surface area (Å²) in [5.74, 6) is 0.335. The van der Waals surface area contributed by atoms with Crippen molar-refractivity contribution in [3.05, 3.63) is 60.7 Å². The zero-order valence-electron chi connectivity index (χ0n) is 20.0. The first kappa shape index (κ1) is 24.4. The minimum absolute atomic E-state index is 0.0432. The summed E-state index contributed by atoms with van der Waals surface area (Å²) >= 11 is 0. The van der Waals surface area contributed by atoms with Crippen LogP contribution < -0.4 is 15.7 Å². The lowest BCUT2D eigenvalue weighted by Gasteiger charge is -2.44. The quantitative estimate of drug-likeness (QED) is 0.650. The van der Waals surface area contributed by atoms with Crippen LogP contribution in [-0.2, 0) is 9.22 Å². The fourth-order valence-corrected chi connectivity index (χ4v) is 8.35. The third-order valence-electron chi connectivity index (χ3n) is 5.70. The zero-order valence-corrected chi connectivity index (χ0v) is 21.0. The standard InChI is InChI=1S/C26H39NO2Si/c1-20(2)23(27-24(28)25(3,4)5)19-29-30(26(6,7)8,21-15-11-9-12-16-21)22-17-13-10-14-18-22/h9-18,20,23H,19H2,1-8H3,(H,27,28). The molecule has 30 heavy (non-hydrogen) atoms. The van der Waals surface area contributed by atoms with Gasteiger partial charge in [0, 0.05) is 5.41 Å². The Balaban J connectivity index is 2.49. The highest BCUT2D eigenvalue weighted by Gasteiger charge is 2.50. The SMILES string of the molecule is CC(C)C(CO[Si](c1ccccc1)(c1ccccc1)C(C)(C)C)NC(=O)C(C)(C)C. The van der Waals surface area contributed by atoms with E-state index < -0.39 is 13.7 Å². The van der Waals surface area contributed by atoms with Crippen LogP contribution in [0, 0.1) is 11.3 Å². The molecule has 2 aromatic carbocycles. The molecule has 0 aliphatic rings. The van der Waals surface area contributed by atoms with Crippen molar-refractivity contribution >= 4 is 24.6 Å². The molecule has 164 valence electrons. The van der Waals surface area contributed by atoms with Gasteiger partial charge in [0.25, 0.3) is 8.32 Å². The lowest BCUT2D eigenvalue weighted by Crippen LogP contribution is -2.67. The molecule has 2 rings (SSSR count). The van der Waals surface area contributed by atoms with Gasteiger partial charge in [0.05, 0.1) is 12.6 Å². The maximum absolute atomic E-state index is 12.7. The molecule has 0 aliphatic carbocycles. The predicted octanol–water partition coefficient (Wildman–Crippen LogP) is 4.75. The molecule has 1 N–H and O–H groups in total. The van der Waals surface area contributed by atoms with Crippen LogP contribution in [-0.4, -0.2) is 26.9 Å². The molecule has 0 heterocycles. The molecule has 0 spiro atoms. The summed E-state index contributed by atoms with van der Waals surface area (Å²) in [6, 6.07) is 21.2. The molecule has 1 unspecified atom stereocenters. The van der Waals surface area contributed by atoms with Crippen LogP contribution in [0.4, 0.5) is 0 Å². The Morgan fingerprint density at radius 2 is 1.30 bits per heavy atom. The molecule has 0 radical (unpaired) electrons. The van der Waals surface area contributed by atoms with Crippen LogP contribution in [0.1, 0.15) is 55.4 Å². The summed E-state index contributed by atoms with van der Waals surface area (Å²) in [5.41, 5.74) is -0.426. The maximum Gasteiger partial charge on any atom is 0.261 e. The maximum atomic E-state index is 12.7. The van der Waals surface area contributed by atoms with Crippen LogP contribution in [0.5, 0.6) is 0 Å². The number of hydrogen-bond acceptors (Lipinski definition) is 2. The van der Waals surface area contributed by atoms with Gasteiger partial charge in [-0.15, -0.1) is 0 Å². The molecule has 1 atom stereocenters. The number of rotatable bonds is 7. The van der Waals surface area contributed by atoms with Gasteiger partial charge >= 0.3 is 0 Å². The first-order chi connectivity index (χ1) is 13.9. The highest BCUT2D eigenvalue weighted by molar-refractivity contribution is 6.99. The van der Waals surface area contributed by atoms with Crippen molar-refractivity contribution in [1.29, 1.82) is 0 Å². The Labute approximate surface area is 184 Å². The molecule has 0 saturated heterocycles. The lowest BCUT2D eigenvalue weighted by atomic mass is 9.94. The van der Waals surface area contributed by atoms with E-state index in [1.54, 1.807) is 0 Å². The van der Waals surface area contributed by atoms with E-state index in [9.17, 15) is 4.79 Å². The Morgan fingerprint density at radius 1 is 0.867 bits per heavy atom. The second-order valence-corrected chi connectivity index (χ2v) is 14.9. The van der Waals surface area contributed by atoms with E-state index >= 15 is 0 Å². The topological polar surface area (TPSA) is 38.3 Å². The van der Waals surface area contributed by atoms with E-state index in [1.807, 2.05) is 20.8 Å². The van der Waals surface area contributed by atoms with Gasteiger partial charge in [0.15, 0.2) is 0 Å². The zero-order chi connectivity index (χ0) is 22.6. The van der Waals surface area contributed by atoms with Gasteiger partial charge in [-0.1, -0.05) is 116 Å². The summed E-state index contributed by atoms with van der Waals surface area (Å²) < 4.78 is 7.03. The average molecular weight is 426 g/mol. The minimum Gasteiger partial charge on any atom is -0.405 e. The third kappa shape index (κ3) is 5.41. The Hall–Kier alpha value is -1.91. The molecule has 4 heteroatoms. The van der Waals surface area contributed by atoms with Crippen molar-refractivity contribution < 1.29 is 9.22 Å². The van der Waals surface area contributed by atoms with Gasteiger partial charge in [-0.3, -0.25) is 4.79 Å². The third-order valence-corrected chi connectivity index (χ3v) is 10.7. The Morgan fingerprint density at radius 3 is 1.63 bits per heavy atom. The first-order valence-electron chi connectivity index (χ1n) is 11.0. The number of nitrogens with one attached hydrogen (secondary N) is 1. The van der Waals surface area contributed by atoms with Crippen LogP contribution in [0.2, 0.25) is 5.04 Å². The largest absolute Gasteiger partial charge is 0.405 e. The van der Waals surface area contributed by atoms with Crippen molar-refractivity contribution in [2.75, 3.05) is 6.61 Å². The number of amides is 1. The van der Waals surface area contributed by atoms with Gasteiger partial charge in [-0.2, -0.15) is 0 Å². The van der Waals surface area contributed by atoms with Crippen molar-refractivity contribution in [3.8, 4) is 0 Å². The summed E-state index contributed by atoms with van der Waals surface area (Å²) in [4.78, 5) is 12.7. The monoisotopic (exact) mass is 425 g/mol. The average Bonchev–Trinajstić information content (AvgIpc) is 2.67. The number of benzene rings is 2. The molecular formula is C26H39NO2Si. The van der Waals surface area contributed by atoms with Crippen molar-refractivity contribution in [2.45, 2.75) is 66.5 Å². The molecule has 1 amide bonds. The van der Waals surface area contributed by atoms with Crippen LogP contribution >= 0.6 is 0 Å². The fourth-order valence-electron chi connectivity index (χ4n) is 3.76. The van der Waals surface area contributed by atoms with Crippen LogP contribution in [0.15, 0.2) is 60.7 Å². The lowest BCUT2D eigenvalue weighted by molar-refractivity contribution is -0.129. The van der Waals surface area contributed by atoms with E-state index in [2.05, 4.69) is 101 Å². The molecule has 3 nitrogen and oxygen atoms in total. The molecule has 0 aliphatic heterocycles. The van der Waals surface area contributed by atoms with Gasteiger partial charge in [-0.05, 0) is 21.3 Å². The van der Waals surface area contributed by atoms with E-state index in [1.165, 1.54) is 10.4 Å². The molecule has 0 fully saturated rings. The van der Waals surface area contributed by atoms with Crippen LogP contribution in [0.25, 0.3) is 0 Å². The number of carbonyl (C=O) groups is 1. The first-order valence-corrected chi connectivity index (χ1v) is 12.9. The fraction of sp³-hybridized carbons (Fsp3) is 0.500. The second-order valence-electron chi connectivity index (χ2n) is 10.5. The molecule has 0 saturated carbocycles. The van der Waals surface area contributed by atoms with E-state index in [0.717, 1.165) is 0 Å². The highest BCUT2D eigenvalue weighted by Crippen LogP contribution is 2.37. The molecule has 2 aromatic rings. The molecule has 0 aromatic heterocycles. The smallest absolute Gasteiger partial charge is 0.261 e. The summed E-state index contributed by atoms with van der Waals surface area (Å²) in [5, 5.41) is 5.68. The van der Waals surface area contributed by atoms with E-state index in [0.29, 0.717) is 6.61 Å². The number of carbonyl (C=O) groups excluding carboxylic acids is 1. The predicted molar refractivity (Wildman–Crippen MR) is 130 cm³/mol. The molecular weight excluding hydrogens is 386 g/mol. The van der Waals surface area contributed by atoms with Gasteiger partial charge < -0.3 is 9.74 Å². The van der Waals surface area contributed by atoms with Gasteiger partial charge in [0.1, 0.15) is 0 Å². The van der Waals surface area contributed by atoms with Gasteiger partial charge in [0.2, 0.25) is 5.91 Å². The van der Waals surface area contributed by atoms with Gasteiger partial charge in [-0.25, -0.2) is 0 Å². The van der Waals surface area contributed by atoms with E-state index in [-0.39, 0.29) is 22.9 Å². The van der Waals surface area contributed by atoms with Crippen molar-refractivity contribution in [3.63, 3.8) is 0 Å². The summed E-state index contributed by atoms with van der Waals surface area (Å²) in [6.45, 7) is 17.4. The second kappa shape index (κ2) is 9.48. The van der Waals surface area contributed by atoms with Crippen LogP contribution in [0.3, 0.4) is 0 Å². The van der Waals surface area contributed by atoms with E-state index in [4.69, 9.17) is 4.43 Å². The number of hydrogen-bond donors (Lipinski definition) is 1. The summed E-state index contributed by atoms with van der Waals surface area (Å²) in [6.07, 6.45) is 0. The summed E-state index contributed by atoms with van der Waals surface area (Å²) in [7, 11) is -2.61. The normalized spacial score (nSPS) is 13.9. The van der Waals surface area contributed by atoms with Crippen molar-refractivity contribution in [2.24, 2.45) is 11.3 Å².